The summed E-state index contributed by atoms with van der Waals surface area (Å²) in [5.41, 5.74) is 2.03. The summed E-state index contributed by atoms with van der Waals surface area (Å²) in [6.45, 7) is 2.06. The van der Waals surface area contributed by atoms with Gasteiger partial charge in [0.05, 0.1) is 6.42 Å². The molecule has 0 aliphatic rings. The molecule has 1 N–H and O–H groups in total. The molecule has 0 unspecified atom stereocenters. The lowest BCUT2D eigenvalue weighted by molar-refractivity contribution is -0.136. The van der Waals surface area contributed by atoms with Gasteiger partial charge in [-0.05, 0) is 18.6 Å². The van der Waals surface area contributed by atoms with Crippen molar-refractivity contribution < 1.29 is 9.90 Å². The van der Waals surface area contributed by atoms with Crippen LogP contribution in [-0.2, 0) is 24.7 Å². The SMILES string of the molecule is CCc1ccc(CC(=O)O)n1C. The number of rotatable bonds is 3. The van der Waals surface area contributed by atoms with Crippen LogP contribution in [0.5, 0.6) is 0 Å². The average molecular weight is 167 g/mol. The van der Waals surface area contributed by atoms with E-state index in [0.29, 0.717) is 0 Å². The Balaban J connectivity index is 2.87. The summed E-state index contributed by atoms with van der Waals surface area (Å²) in [4.78, 5) is 10.4. The summed E-state index contributed by atoms with van der Waals surface area (Å²) in [5, 5.41) is 8.56. The lowest BCUT2D eigenvalue weighted by atomic mass is 10.3. The van der Waals surface area contributed by atoms with Crippen molar-refractivity contribution in [3.05, 3.63) is 23.5 Å². The Labute approximate surface area is 71.6 Å². The van der Waals surface area contributed by atoms with E-state index < -0.39 is 5.97 Å². The van der Waals surface area contributed by atoms with Crippen molar-refractivity contribution in [1.82, 2.24) is 4.57 Å². The highest BCUT2D eigenvalue weighted by molar-refractivity contribution is 5.69. The average Bonchev–Trinajstić information content (AvgIpc) is 2.32. The predicted octanol–water partition coefficient (Wildman–Crippen LogP) is 1.21. The smallest absolute Gasteiger partial charge is 0.309 e. The lowest BCUT2D eigenvalue weighted by Gasteiger charge is -2.03. The molecule has 0 aliphatic carbocycles. The van der Waals surface area contributed by atoms with E-state index in [1.165, 1.54) is 5.69 Å². The van der Waals surface area contributed by atoms with Crippen molar-refractivity contribution in [1.29, 1.82) is 0 Å². The molecule has 0 aromatic carbocycles. The van der Waals surface area contributed by atoms with Gasteiger partial charge in [0.25, 0.3) is 0 Å². The summed E-state index contributed by atoms with van der Waals surface area (Å²) < 4.78 is 1.94. The first-order valence-corrected chi connectivity index (χ1v) is 4.00. The molecule has 0 bridgehead atoms. The molecule has 1 rings (SSSR count). The number of nitrogens with zero attached hydrogens (tertiary/aromatic N) is 1. The van der Waals surface area contributed by atoms with E-state index in [0.717, 1.165) is 12.1 Å². The van der Waals surface area contributed by atoms with Crippen LogP contribution in [-0.4, -0.2) is 15.6 Å². The van der Waals surface area contributed by atoms with Crippen LogP contribution in [0.3, 0.4) is 0 Å². The molecule has 3 nitrogen and oxygen atoms in total. The largest absolute Gasteiger partial charge is 0.481 e. The molecule has 0 saturated heterocycles. The normalized spacial score (nSPS) is 10.2. The van der Waals surface area contributed by atoms with E-state index in [2.05, 4.69) is 6.92 Å². The highest BCUT2D eigenvalue weighted by atomic mass is 16.4. The Hall–Kier alpha value is -1.25. The van der Waals surface area contributed by atoms with E-state index in [4.69, 9.17) is 5.11 Å². The Kier molecular flexibility index (Phi) is 2.53. The number of carbonyl (C=O) groups is 1. The molecule has 0 spiro atoms. The fraction of sp³-hybridized carbons (Fsp3) is 0.444. The summed E-state index contributed by atoms with van der Waals surface area (Å²) >= 11 is 0. The lowest BCUT2D eigenvalue weighted by Crippen LogP contribution is -2.06. The van der Waals surface area contributed by atoms with Crippen LogP contribution in [0, 0.1) is 0 Å². The highest BCUT2D eigenvalue weighted by Gasteiger charge is 2.06. The number of carboxylic acid groups (broad SMARTS) is 1. The fourth-order valence-corrected chi connectivity index (χ4v) is 1.29. The molecule has 66 valence electrons. The number of hydrogen-bond acceptors (Lipinski definition) is 1. The zero-order valence-electron chi connectivity index (χ0n) is 7.37. The molecule has 1 heterocycles. The number of aryl methyl sites for hydroxylation is 1. The number of aromatic nitrogens is 1. The molecule has 1 aromatic heterocycles. The van der Waals surface area contributed by atoms with Gasteiger partial charge in [0.1, 0.15) is 0 Å². The van der Waals surface area contributed by atoms with E-state index >= 15 is 0 Å². The molecule has 0 amide bonds. The Bertz CT molecular complexity index is 289. The van der Waals surface area contributed by atoms with Crippen LogP contribution in [0.1, 0.15) is 18.3 Å². The van der Waals surface area contributed by atoms with Crippen LogP contribution in [0.25, 0.3) is 0 Å². The first kappa shape index (κ1) is 8.84. The molecule has 3 heteroatoms. The van der Waals surface area contributed by atoms with Gasteiger partial charge in [-0.2, -0.15) is 0 Å². The van der Waals surface area contributed by atoms with Crippen molar-refractivity contribution >= 4 is 5.97 Å². The molecular weight excluding hydrogens is 154 g/mol. The van der Waals surface area contributed by atoms with Crippen LogP contribution in [0.15, 0.2) is 12.1 Å². The highest BCUT2D eigenvalue weighted by Crippen LogP contribution is 2.08. The van der Waals surface area contributed by atoms with Crippen LogP contribution in [0.4, 0.5) is 0 Å². The van der Waals surface area contributed by atoms with Crippen molar-refractivity contribution in [2.24, 2.45) is 7.05 Å². The minimum absolute atomic E-state index is 0.108. The second-order valence-corrected chi connectivity index (χ2v) is 2.80. The van der Waals surface area contributed by atoms with Gasteiger partial charge in [-0.1, -0.05) is 6.92 Å². The van der Waals surface area contributed by atoms with Crippen LogP contribution < -0.4 is 0 Å². The van der Waals surface area contributed by atoms with E-state index in [-0.39, 0.29) is 6.42 Å². The predicted molar refractivity (Wildman–Crippen MR) is 46.1 cm³/mol. The topological polar surface area (TPSA) is 42.2 Å². The standard InChI is InChI=1S/C9H13NO2/c1-3-7-4-5-8(10(7)2)6-9(11)12/h4-5H,3,6H2,1-2H3,(H,11,12). The van der Waals surface area contributed by atoms with Gasteiger partial charge < -0.3 is 9.67 Å². The third-order valence-corrected chi connectivity index (χ3v) is 2.02. The van der Waals surface area contributed by atoms with Gasteiger partial charge in [-0.3, -0.25) is 4.79 Å². The maximum atomic E-state index is 10.4. The minimum Gasteiger partial charge on any atom is -0.481 e. The number of carboxylic acids is 1. The Morgan fingerprint density at radius 1 is 1.50 bits per heavy atom. The van der Waals surface area contributed by atoms with Gasteiger partial charge in [-0.15, -0.1) is 0 Å². The van der Waals surface area contributed by atoms with E-state index in [1.807, 2.05) is 23.7 Å². The maximum absolute atomic E-state index is 10.4. The summed E-state index contributed by atoms with van der Waals surface area (Å²) in [5.74, 6) is -0.779. The number of aliphatic carboxylic acids is 1. The zero-order valence-corrected chi connectivity index (χ0v) is 7.37. The molecule has 0 aliphatic heterocycles. The molecule has 0 saturated carbocycles. The van der Waals surface area contributed by atoms with E-state index in [9.17, 15) is 4.79 Å². The monoisotopic (exact) mass is 167 g/mol. The first-order chi connectivity index (χ1) is 5.65. The Morgan fingerprint density at radius 3 is 2.50 bits per heavy atom. The number of hydrogen-bond donors (Lipinski definition) is 1. The maximum Gasteiger partial charge on any atom is 0.309 e. The molecular formula is C9H13NO2. The van der Waals surface area contributed by atoms with Gasteiger partial charge in [-0.25, -0.2) is 0 Å². The quantitative estimate of drug-likeness (QED) is 0.735. The molecule has 0 fully saturated rings. The second kappa shape index (κ2) is 3.43. The first-order valence-electron chi connectivity index (χ1n) is 4.00. The van der Waals surface area contributed by atoms with Gasteiger partial charge in [0, 0.05) is 18.4 Å². The summed E-state index contributed by atoms with van der Waals surface area (Å²) in [7, 11) is 1.90. The molecule has 12 heavy (non-hydrogen) atoms. The fourth-order valence-electron chi connectivity index (χ4n) is 1.29. The van der Waals surface area contributed by atoms with Crippen molar-refractivity contribution in [2.45, 2.75) is 19.8 Å². The zero-order chi connectivity index (χ0) is 9.14. The van der Waals surface area contributed by atoms with Crippen LogP contribution >= 0.6 is 0 Å². The van der Waals surface area contributed by atoms with Crippen molar-refractivity contribution in [3.63, 3.8) is 0 Å². The van der Waals surface area contributed by atoms with Crippen LogP contribution in [0.2, 0.25) is 0 Å². The summed E-state index contributed by atoms with van der Waals surface area (Å²) in [6.07, 6.45) is 1.05. The van der Waals surface area contributed by atoms with E-state index in [1.54, 1.807) is 0 Å². The Morgan fingerprint density at radius 2 is 2.08 bits per heavy atom. The summed E-state index contributed by atoms with van der Waals surface area (Å²) in [6, 6.07) is 3.84. The molecule has 1 aromatic rings. The molecule has 0 radical (unpaired) electrons. The van der Waals surface area contributed by atoms with Gasteiger partial charge >= 0.3 is 5.97 Å². The third-order valence-electron chi connectivity index (χ3n) is 2.02. The third kappa shape index (κ3) is 1.67. The second-order valence-electron chi connectivity index (χ2n) is 2.80. The van der Waals surface area contributed by atoms with Gasteiger partial charge in [0.15, 0.2) is 0 Å². The van der Waals surface area contributed by atoms with Gasteiger partial charge in [0.2, 0.25) is 0 Å². The minimum atomic E-state index is -0.779. The molecule has 0 atom stereocenters. The van der Waals surface area contributed by atoms with Crippen molar-refractivity contribution in [3.8, 4) is 0 Å². The van der Waals surface area contributed by atoms with Crippen molar-refractivity contribution in [2.75, 3.05) is 0 Å².